The monoisotopic (exact) mass is 457 g/mol. The summed E-state index contributed by atoms with van der Waals surface area (Å²) in [6.45, 7) is 0. The number of hydrogen-bond donors (Lipinski definition) is 0. The molecule has 0 N–H and O–H groups in total. The lowest BCUT2D eigenvalue weighted by Crippen LogP contribution is -2.27. The topological polar surface area (TPSA) is 42.7 Å². The van der Waals surface area contributed by atoms with Gasteiger partial charge in [0.2, 0.25) is 0 Å². The van der Waals surface area contributed by atoms with Crippen molar-refractivity contribution in [2.75, 3.05) is 12.0 Å². The summed E-state index contributed by atoms with van der Waals surface area (Å²) in [5.41, 5.74) is 2.17. The van der Waals surface area contributed by atoms with Gasteiger partial charge in [0.15, 0.2) is 0 Å². The van der Waals surface area contributed by atoms with Crippen LogP contribution in [0, 0.1) is 5.82 Å². The standard InChI is InChI=1S/C27H20FNO3S/c1-31-20-13-11-18(12-14-20)27-29(19-7-3-2-4-8-19)26(30)25(33-27)17-21-15-16-24(32-21)22-9-5-6-10-23(22)28/h2-17,27H,1H3. The van der Waals surface area contributed by atoms with Gasteiger partial charge >= 0.3 is 0 Å². The van der Waals surface area contributed by atoms with Crippen molar-refractivity contribution in [2.45, 2.75) is 5.37 Å². The van der Waals surface area contributed by atoms with Crippen LogP contribution in [0.25, 0.3) is 17.4 Å². The molecule has 1 aromatic heterocycles. The molecular formula is C27H20FNO3S. The number of halogens is 1. The normalized spacial score (nSPS) is 17.0. The first-order valence-electron chi connectivity index (χ1n) is 10.4. The van der Waals surface area contributed by atoms with Crippen molar-refractivity contribution < 1.29 is 18.3 Å². The molecule has 1 unspecified atom stereocenters. The first-order valence-corrected chi connectivity index (χ1v) is 11.3. The summed E-state index contributed by atoms with van der Waals surface area (Å²) in [7, 11) is 1.62. The summed E-state index contributed by atoms with van der Waals surface area (Å²) in [5.74, 6) is 1.20. The van der Waals surface area contributed by atoms with Crippen LogP contribution in [0.5, 0.6) is 5.75 Å². The van der Waals surface area contributed by atoms with E-state index in [1.54, 1.807) is 48.4 Å². The zero-order valence-electron chi connectivity index (χ0n) is 17.8. The number of nitrogens with zero attached hydrogens (tertiary/aromatic N) is 1. The Kier molecular flexibility index (Phi) is 5.75. The summed E-state index contributed by atoms with van der Waals surface area (Å²) >= 11 is 1.45. The van der Waals surface area contributed by atoms with E-state index in [2.05, 4.69) is 0 Å². The van der Waals surface area contributed by atoms with E-state index in [0.717, 1.165) is 17.0 Å². The Labute approximate surface area is 195 Å². The largest absolute Gasteiger partial charge is 0.497 e. The second-order valence-electron chi connectivity index (χ2n) is 7.44. The molecule has 1 amide bonds. The van der Waals surface area contributed by atoms with Crippen molar-refractivity contribution in [1.29, 1.82) is 0 Å². The number of furan rings is 1. The number of carbonyl (C=O) groups is 1. The molecule has 0 saturated carbocycles. The molecule has 4 aromatic rings. The Balaban J connectivity index is 1.50. The van der Waals surface area contributed by atoms with Crippen LogP contribution in [0.3, 0.4) is 0 Å². The second-order valence-corrected chi connectivity index (χ2v) is 8.57. The minimum atomic E-state index is -0.354. The second kappa shape index (κ2) is 9.00. The minimum absolute atomic E-state index is 0.115. The molecule has 3 aromatic carbocycles. The Morgan fingerprint density at radius 1 is 0.939 bits per heavy atom. The SMILES string of the molecule is COc1ccc(C2SC(=Cc3ccc(-c4ccccc4F)o3)C(=O)N2c2ccccc2)cc1. The quantitative estimate of drug-likeness (QED) is 0.305. The molecule has 1 saturated heterocycles. The third kappa shape index (κ3) is 4.17. The van der Waals surface area contributed by atoms with Crippen LogP contribution in [0.2, 0.25) is 0 Å². The van der Waals surface area contributed by atoms with Gasteiger partial charge in [0, 0.05) is 11.8 Å². The van der Waals surface area contributed by atoms with Crippen molar-refractivity contribution in [3.8, 4) is 17.1 Å². The number of rotatable bonds is 5. The van der Waals surface area contributed by atoms with E-state index in [1.807, 2.05) is 54.6 Å². The number of carbonyl (C=O) groups excluding carboxylic acids is 1. The van der Waals surface area contributed by atoms with Crippen LogP contribution in [-0.4, -0.2) is 13.0 Å². The van der Waals surface area contributed by atoms with Crippen LogP contribution in [-0.2, 0) is 4.79 Å². The van der Waals surface area contributed by atoms with Crippen molar-refractivity contribution >= 4 is 29.4 Å². The van der Waals surface area contributed by atoms with E-state index in [1.165, 1.54) is 17.8 Å². The third-order valence-electron chi connectivity index (χ3n) is 5.38. The zero-order valence-corrected chi connectivity index (χ0v) is 18.6. The highest BCUT2D eigenvalue weighted by Crippen LogP contribution is 2.48. The molecule has 1 aliphatic heterocycles. The third-order valence-corrected chi connectivity index (χ3v) is 6.63. The van der Waals surface area contributed by atoms with Gasteiger partial charge in [-0.15, -0.1) is 0 Å². The Morgan fingerprint density at radius 2 is 1.67 bits per heavy atom. The smallest absolute Gasteiger partial charge is 0.266 e. The van der Waals surface area contributed by atoms with E-state index < -0.39 is 0 Å². The molecule has 5 rings (SSSR count). The molecule has 6 heteroatoms. The van der Waals surface area contributed by atoms with Crippen LogP contribution in [0.1, 0.15) is 16.7 Å². The fourth-order valence-corrected chi connectivity index (χ4v) is 4.98. The Morgan fingerprint density at radius 3 is 2.39 bits per heavy atom. The van der Waals surface area contributed by atoms with Crippen LogP contribution in [0.4, 0.5) is 10.1 Å². The first-order chi connectivity index (χ1) is 16.1. The van der Waals surface area contributed by atoms with E-state index in [-0.39, 0.29) is 17.1 Å². The van der Waals surface area contributed by atoms with Gasteiger partial charge in [0.05, 0.1) is 17.6 Å². The lowest BCUT2D eigenvalue weighted by atomic mass is 10.1. The molecule has 33 heavy (non-hydrogen) atoms. The molecule has 0 aliphatic carbocycles. The van der Waals surface area contributed by atoms with Crippen LogP contribution in [0.15, 0.2) is 100 Å². The van der Waals surface area contributed by atoms with Crippen molar-refractivity contribution in [2.24, 2.45) is 0 Å². The van der Waals surface area contributed by atoms with Gasteiger partial charge in [-0.05, 0) is 54.1 Å². The number of ether oxygens (including phenoxy) is 1. The number of methoxy groups -OCH3 is 1. The van der Waals surface area contributed by atoms with Gasteiger partial charge in [0.25, 0.3) is 5.91 Å². The van der Waals surface area contributed by atoms with Gasteiger partial charge in [-0.2, -0.15) is 0 Å². The van der Waals surface area contributed by atoms with Crippen LogP contribution >= 0.6 is 11.8 Å². The number of thioether (sulfide) groups is 1. The number of hydrogen-bond acceptors (Lipinski definition) is 4. The van der Waals surface area contributed by atoms with Gasteiger partial charge in [0.1, 0.15) is 28.5 Å². The number of para-hydroxylation sites is 1. The Hall–Kier alpha value is -3.77. The number of anilines is 1. The number of benzene rings is 3. The van der Waals surface area contributed by atoms with E-state index in [9.17, 15) is 9.18 Å². The maximum Gasteiger partial charge on any atom is 0.266 e. The summed E-state index contributed by atoms with van der Waals surface area (Å²) < 4.78 is 25.3. The van der Waals surface area contributed by atoms with E-state index in [4.69, 9.17) is 9.15 Å². The average Bonchev–Trinajstić information content (AvgIpc) is 3.45. The molecule has 0 spiro atoms. The summed E-state index contributed by atoms with van der Waals surface area (Å²) in [6, 6.07) is 27.2. The highest BCUT2D eigenvalue weighted by molar-refractivity contribution is 8.05. The van der Waals surface area contributed by atoms with Crippen LogP contribution < -0.4 is 9.64 Å². The lowest BCUT2D eigenvalue weighted by molar-refractivity contribution is -0.114. The van der Waals surface area contributed by atoms with Gasteiger partial charge < -0.3 is 9.15 Å². The Bertz CT molecular complexity index is 1310. The molecule has 2 heterocycles. The van der Waals surface area contributed by atoms with Crippen molar-refractivity contribution in [3.63, 3.8) is 0 Å². The van der Waals surface area contributed by atoms with Crippen molar-refractivity contribution in [1.82, 2.24) is 0 Å². The molecule has 0 bridgehead atoms. The van der Waals surface area contributed by atoms with Gasteiger partial charge in [-0.1, -0.05) is 54.2 Å². The van der Waals surface area contributed by atoms with E-state index in [0.29, 0.717) is 22.0 Å². The fraction of sp³-hybridized carbons (Fsp3) is 0.0741. The molecular weight excluding hydrogens is 437 g/mol. The molecule has 164 valence electrons. The average molecular weight is 458 g/mol. The number of amides is 1. The van der Waals surface area contributed by atoms with E-state index >= 15 is 0 Å². The van der Waals surface area contributed by atoms with Gasteiger partial charge in [-0.3, -0.25) is 9.69 Å². The minimum Gasteiger partial charge on any atom is -0.497 e. The lowest BCUT2D eigenvalue weighted by Gasteiger charge is -2.23. The zero-order chi connectivity index (χ0) is 22.8. The molecule has 1 fully saturated rings. The van der Waals surface area contributed by atoms with Crippen molar-refractivity contribution in [3.05, 3.63) is 113 Å². The summed E-state index contributed by atoms with van der Waals surface area (Å²) in [6.07, 6.45) is 1.72. The first kappa shape index (κ1) is 21.1. The summed E-state index contributed by atoms with van der Waals surface area (Å²) in [4.78, 5) is 15.8. The summed E-state index contributed by atoms with van der Waals surface area (Å²) in [5, 5.41) is -0.238. The highest BCUT2D eigenvalue weighted by Gasteiger charge is 2.38. The highest BCUT2D eigenvalue weighted by atomic mass is 32.2. The molecule has 4 nitrogen and oxygen atoms in total. The maximum atomic E-state index is 14.1. The molecule has 1 atom stereocenters. The van der Waals surface area contributed by atoms with Gasteiger partial charge in [-0.25, -0.2) is 4.39 Å². The maximum absolute atomic E-state index is 14.1. The predicted octanol–water partition coefficient (Wildman–Crippen LogP) is 6.91. The molecule has 1 aliphatic rings. The predicted molar refractivity (Wildman–Crippen MR) is 129 cm³/mol. The molecule has 0 radical (unpaired) electrons. The fourth-order valence-electron chi connectivity index (χ4n) is 3.74.